The Morgan fingerprint density at radius 3 is 2.81 bits per heavy atom. The lowest BCUT2D eigenvalue weighted by Crippen LogP contribution is -2.49. The summed E-state index contributed by atoms with van der Waals surface area (Å²) in [4.78, 5) is 13.1. The van der Waals surface area contributed by atoms with Crippen molar-refractivity contribution in [3.8, 4) is 0 Å². The Morgan fingerprint density at radius 2 is 2.19 bits per heavy atom. The first-order valence-corrected chi connectivity index (χ1v) is 8.61. The highest BCUT2D eigenvalue weighted by atomic mass is 32.2. The van der Waals surface area contributed by atoms with Crippen molar-refractivity contribution in [2.45, 2.75) is 50.7 Å². The Bertz CT molecular complexity index is 609. The van der Waals surface area contributed by atoms with E-state index in [1.165, 1.54) is 23.9 Å². The predicted octanol–water partition coefficient (Wildman–Crippen LogP) is 0.753. The van der Waals surface area contributed by atoms with E-state index in [0.717, 1.165) is 12.8 Å². The standard InChI is InChI=1S/C13H22N4O3S/c1-10(2)17-13(6-7-14-17)21(19,20)15-12-5-4-8-16(9-12)11(3)18/h6-7,10,12,15H,4-5,8-9H2,1-3H3/t12-/m1/s1. The van der Waals surface area contributed by atoms with E-state index >= 15 is 0 Å². The zero-order valence-electron chi connectivity index (χ0n) is 12.6. The van der Waals surface area contributed by atoms with Crippen LogP contribution in [0.3, 0.4) is 0 Å². The van der Waals surface area contributed by atoms with Crippen molar-refractivity contribution in [1.29, 1.82) is 0 Å². The van der Waals surface area contributed by atoms with Gasteiger partial charge in [-0.25, -0.2) is 13.1 Å². The second-order valence-corrected chi connectivity index (χ2v) is 7.29. The smallest absolute Gasteiger partial charge is 0.258 e. The summed E-state index contributed by atoms with van der Waals surface area (Å²) < 4.78 is 29.2. The lowest BCUT2D eigenvalue weighted by molar-refractivity contribution is -0.130. The molecule has 7 nitrogen and oxygen atoms in total. The minimum atomic E-state index is -3.63. The molecule has 0 spiro atoms. The lowest BCUT2D eigenvalue weighted by Gasteiger charge is -2.32. The monoisotopic (exact) mass is 314 g/mol. The van der Waals surface area contributed by atoms with Crippen molar-refractivity contribution < 1.29 is 13.2 Å². The van der Waals surface area contributed by atoms with E-state index in [0.29, 0.717) is 13.1 Å². The number of likely N-dealkylation sites (tertiary alicyclic amines) is 1. The molecule has 1 atom stereocenters. The molecule has 0 aromatic carbocycles. The van der Waals surface area contributed by atoms with Crippen molar-refractivity contribution in [2.75, 3.05) is 13.1 Å². The van der Waals surface area contributed by atoms with Gasteiger partial charge in [0.05, 0.1) is 6.20 Å². The third-order valence-electron chi connectivity index (χ3n) is 3.59. The van der Waals surface area contributed by atoms with Gasteiger partial charge < -0.3 is 4.90 Å². The number of amides is 1. The summed E-state index contributed by atoms with van der Waals surface area (Å²) in [5.41, 5.74) is 0. The third-order valence-corrected chi connectivity index (χ3v) is 5.10. The fourth-order valence-electron chi connectivity index (χ4n) is 2.54. The lowest BCUT2D eigenvalue weighted by atomic mass is 10.1. The summed E-state index contributed by atoms with van der Waals surface area (Å²) in [6, 6.07) is 1.21. The Morgan fingerprint density at radius 1 is 1.48 bits per heavy atom. The normalized spacial score (nSPS) is 20.0. The number of hydrogen-bond acceptors (Lipinski definition) is 4. The number of carbonyl (C=O) groups is 1. The topological polar surface area (TPSA) is 84.3 Å². The van der Waals surface area contributed by atoms with Crippen LogP contribution in [-0.4, -0.2) is 48.1 Å². The van der Waals surface area contributed by atoms with Gasteiger partial charge in [-0.2, -0.15) is 5.10 Å². The predicted molar refractivity (Wildman–Crippen MR) is 78.2 cm³/mol. The second kappa shape index (κ2) is 6.15. The molecule has 2 rings (SSSR count). The van der Waals surface area contributed by atoms with Crippen LogP contribution in [0.1, 0.15) is 39.7 Å². The molecule has 0 unspecified atom stereocenters. The minimum absolute atomic E-state index is 0.0221. The van der Waals surface area contributed by atoms with E-state index in [9.17, 15) is 13.2 Å². The highest BCUT2D eigenvalue weighted by Crippen LogP contribution is 2.17. The summed E-state index contributed by atoms with van der Waals surface area (Å²) in [7, 11) is -3.63. The van der Waals surface area contributed by atoms with Gasteiger partial charge in [0.1, 0.15) is 0 Å². The SMILES string of the molecule is CC(=O)N1CCC[C@@H](NS(=O)(=O)c2ccnn2C(C)C)C1. The zero-order valence-corrected chi connectivity index (χ0v) is 13.4. The highest BCUT2D eigenvalue weighted by Gasteiger charge is 2.28. The number of carbonyl (C=O) groups excluding carboxylic acids is 1. The van der Waals surface area contributed by atoms with E-state index in [1.807, 2.05) is 13.8 Å². The maximum atomic E-state index is 12.5. The summed E-state index contributed by atoms with van der Waals surface area (Å²) in [6.07, 6.45) is 3.02. The van der Waals surface area contributed by atoms with E-state index in [-0.39, 0.29) is 23.0 Å². The van der Waals surface area contributed by atoms with Crippen LogP contribution in [0, 0.1) is 0 Å². The van der Waals surface area contributed by atoms with Crippen molar-refractivity contribution in [3.63, 3.8) is 0 Å². The quantitative estimate of drug-likeness (QED) is 0.889. The molecule has 0 radical (unpaired) electrons. The first kappa shape index (κ1) is 16.0. The molecule has 1 amide bonds. The molecule has 0 aliphatic carbocycles. The summed E-state index contributed by atoms with van der Waals surface area (Å²) in [6.45, 7) is 6.38. The average Bonchev–Trinajstić information content (AvgIpc) is 2.88. The molecule has 1 saturated heterocycles. The summed E-state index contributed by atoms with van der Waals surface area (Å²) in [5, 5.41) is 4.22. The fourth-order valence-corrected chi connectivity index (χ4v) is 4.04. The van der Waals surface area contributed by atoms with E-state index in [1.54, 1.807) is 4.90 Å². The molecule has 1 aromatic rings. The maximum Gasteiger partial charge on any atom is 0.258 e. The Labute approximate surface area is 125 Å². The number of rotatable bonds is 4. The first-order chi connectivity index (χ1) is 9.81. The molecule has 118 valence electrons. The minimum Gasteiger partial charge on any atom is -0.341 e. The summed E-state index contributed by atoms with van der Waals surface area (Å²) in [5.74, 6) is -0.0221. The molecule has 0 bridgehead atoms. The van der Waals surface area contributed by atoms with Crippen LogP contribution < -0.4 is 4.72 Å². The van der Waals surface area contributed by atoms with Crippen molar-refractivity contribution in [2.24, 2.45) is 0 Å². The van der Waals surface area contributed by atoms with Gasteiger partial charge in [-0.05, 0) is 32.8 Å². The van der Waals surface area contributed by atoms with Crippen LogP contribution in [0.25, 0.3) is 0 Å². The Kier molecular flexibility index (Phi) is 4.67. The molecule has 21 heavy (non-hydrogen) atoms. The molecule has 1 aliphatic heterocycles. The number of aromatic nitrogens is 2. The third kappa shape index (κ3) is 3.62. The number of sulfonamides is 1. The van der Waals surface area contributed by atoms with Crippen LogP contribution in [0.15, 0.2) is 17.3 Å². The van der Waals surface area contributed by atoms with E-state index in [4.69, 9.17) is 0 Å². The first-order valence-electron chi connectivity index (χ1n) is 7.12. The zero-order chi connectivity index (χ0) is 15.6. The van der Waals surface area contributed by atoms with Crippen molar-refractivity contribution >= 4 is 15.9 Å². The van der Waals surface area contributed by atoms with E-state index < -0.39 is 10.0 Å². The van der Waals surface area contributed by atoms with Crippen LogP contribution in [-0.2, 0) is 14.8 Å². The van der Waals surface area contributed by atoms with Gasteiger partial charge in [0.15, 0.2) is 5.03 Å². The van der Waals surface area contributed by atoms with Gasteiger partial charge in [-0.15, -0.1) is 0 Å². The number of nitrogens with zero attached hydrogens (tertiary/aromatic N) is 3. The maximum absolute atomic E-state index is 12.5. The van der Waals surface area contributed by atoms with Gasteiger partial charge in [-0.1, -0.05) is 0 Å². The van der Waals surface area contributed by atoms with Gasteiger partial charge in [-0.3, -0.25) is 9.48 Å². The molecule has 1 N–H and O–H groups in total. The molecule has 8 heteroatoms. The van der Waals surface area contributed by atoms with Crippen LogP contribution in [0.5, 0.6) is 0 Å². The van der Waals surface area contributed by atoms with Crippen LogP contribution in [0.4, 0.5) is 0 Å². The molecule has 1 aromatic heterocycles. The van der Waals surface area contributed by atoms with Crippen molar-refractivity contribution in [1.82, 2.24) is 19.4 Å². The fraction of sp³-hybridized carbons (Fsp3) is 0.692. The van der Waals surface area contributed by atoms with Gasteiger partial charge >= 0.3 is 0 Å². The molecule has 1 aliphatic rings. The van der Waals surface area contributed by atoms with Crippen LogP contribution in [0.2, 0.25) is 0 Å². The molecule has 0 saturated carbocycles. The molecule has 1 fully saturated rings. The van der Waals surface area contributed by atoms with Crippen LogP contribution >= 0.6 is 0 Å². The van der Waals surface area contributed by atoms with Gasteiger partial charge in [0, 0.05) is 32.1 Å². The number of piperidine rings is 1. The van der Waals surface area contributed by atoms with E-state index in [2.05, 4.69) is 9.82 Å². The number of nitrogens with one attached hydrogen (secondary N) is 1. The Hall–Kier alpha value is -1.41. The second-order valence-electron chi connectivity index (χ2n) is 5.63. The number of hydrogen-bond donors (Lipinski definition) is 1. The highest BCUT2D eigenvalue weighted by molar-refractivity contribution is 7.89. The van der Waals surface area contributed by atoms with Crippen molar-refractivity contribution in [3.05, 3.63) is 12.3 Å². The Balaban J connectivity index is 2.14. The summed E-state index contributed by atoms with van der Waals surface area (Å²) >= 11 is 0. The largest absolute Gasteiger partial charge is 0.341 e. The average molecular weight is 314 g/mol. The van der Waals surface area contributed by atoms with Gasteiger partial charge in [0.2, 0.25) is 5.91 Å². The molecular weight excluding hydrogens is 292 g/mol. The molecule has 2 heterocycles. The van der Waals surface area contributed by atoms with Gasteiger partial charge in [0.25, 0.3) is 10.0 Å². The molecular formula is C13H22N4O3S.